The van der Waals surface area contributed by atoms with Crippen LogP contribution in [0, 0.1) is 0 Å². The molecule has 0 saturated heterocycles. The van der Waals surface area contributed by atoms with Gasteiger partial charge in [0.1, 0.15) is 5.69 Å². The van der Waals surface area contributed by atoms with Crippen LogP contribution < -0.4 is 5.32 Å². The van der Waals surface area contributed by atoms with Crippen LogP contribution in [-0.4, -0.2) is 46.8 Å². The van der Waals surface area contributed by atoms with E-state index in [-0.39, 0.29) is 24.6 Å². The molecule has 8 heteroatoms. The zero-order chi connectivity index (χ0) is 21.0. The molecule has 0 aliphatic carbocycles. The number of nitrogens with one attached hydrogen (secondary N) is 1. The summed E-state index contributed by atoms with van der Waals surface area (Å²) in [5, 5.41) is 6.79. The van der Waals surface area contributed by atoms with E-state index in [1.807, 2.05) is 48.5 Å². The van der Waals surface area contributed by atoms with Crippen molar-refractivity contribution in [1.29, 1.82) is 0 Å². The van der Waals surface area contributed by atoms with Gasteiger partial charge in [-0.05, 0) is 17.7 Å². The summed E-state index contributed by atoms with van der Waals surface area (Å²) in [5.41, 5.74) is 1.79. The Morgan fingerprint density at radius 3 is 2.60 bits per heavy atom. The fourth-order valence-corrected chi connectivity index (χ4v) is 3.37. The third kappa shape index (κ3) is 3.98. The predicted octanol–water partition coefficient (Wildman–Crippen LogP) is 2.29. The van der Waals surface area contributed by atoms with E-state index in [0.717, 1.165) is 5.56 Å². The number of benzene rings is 2. The highest BCUT2D eigenvalue weighted by Crippen LogP contribution is 2.29. The summed E-state index contributed by atoms with van der Waals surface area (Å²) in [5.74, 6) is -0.883. The van der Waals surface area contributed by atoms with Gasteiger partial charge in [0.05, 0.1) is 36.6 Å². The summed E-state index contributed by atoms with van der Waals surface area (Å²) in [6.45, 7) is 0.126. The summed E-state index contributed by atoms with van der Waals surface area (Å²) in [6, 6.07) is 16.8. The minimum Gasteiger partial charge on any atom is -0.466 e. The second kappa shape index (κ2) is 8.28. The number of ether oxygens (including phenoxy) is 1. The third-order valence-corrected chi connectivity index (χ3v) is 4.86. The van der Waals surface area contributed by atoms with E-state index in [2.05, 4.69) is 20.4 Å². The fourth-order valence-electron chi connectivity index (χ4n) is 3.37. The number of methoxy groups -OCH3 is 1. The number of aromatic nitrogens is 2. The topological polar surface area (TPSA) is 103 Å². The molecule has 2 heterocycles. The van der Waals surface area contributed by atoms with Crippen molar-refractivity contribution in [3.8, 4) is 0 Å². The van der Waals surface area contributed by atoms with Gasteiger partial charge in [0.2, 0.25) is 5.60 Å². The summed E-state index contributed by atoms with van der Waals surface area (Å²) in [6.07, 6.45) is 1.97. The molecule has 3 aromatic rings. The number of carbonyl (C=O) groups excluding carboxylic acids is 2. The first kappa shape index (κ1) is 19.5. The van der Waals surface area contributed by atoms with Crippen LogP contribution in [0.1, 0.15) is 22.5 Å². The van der Waals surface area contributed by atoms with Crippen molar-refractivity contribution < 1.29 is 19.2 Å². The van der Waals surface area contributed by atoms with Gasteiger partial charge in [0, 0.05) is 12.8 Å². The van der Waals surface area contributed by atoms with E-state index < -0.39 is 11.6 Å². The molecule has 0 bridgehead atoms. The van der Waals surface area contributed by atoms with Crippen LogP contribution in [0.25, 0.3) is 11.0 Å². The summed E-state index contributed by atoms with van der Waals surface area (Å²) in [7, 11) is 1.32. The Balaban J connectivity index is 1.42. The Morgan fingerprint density at radius 1 is 1.10 bits per heavy atom. The predicted molar refractivity (Wildman–Crippen MR) is 110 cm³/mol. The Hall–Kier alpha value is -3.81. The number of nitrogens with zero attached hydrogens (tertiary/aromatic N) is 3. The summed E-state index contributed by atoms with van der Waals surface area (Å²) < 4.78 is 4.95. The number of fused-ring (bicyclic) bond motifs is 1. The van der Waals surface area contributed by atoms with Crippen LogP contribution in [0.5, 0.6) is 0 Å². The largest absolute Gasteiger partial charge is 0.466 e. The minimum atomic E-state index is -1.24. The van der Waals surface area contributed by atoms with Gasteiger partial charge in [0.15, 0.2) is 0 Å². The van der Waals surface area contributed by atoms with E-state index >= 15 is 0 Å². The first-order valence-electron chi connectivity index (χ1n) is 9.46. The molecule has 0 saturated carbocycles. The lowest BCUT2D eigenvalue weighted by Crippen LogP contribution is -2.43. The molecule has 1 unspecified atom stereocenters. The molecule has 0 radical (unpaired) electrons. The smallest absolute Gasteiger partial charge is 0.353 e. The average Bonchev–Trinajstić information content (AvgIpc) is 3.21. The second-order valence-corrected chi connectivity index (χ2v) is 7.00. The van der Waals surface area contributed by atoms with Crippen molar-refractivity contribution in [3.05, 3.63) is 72.1 Å². The Morgan fingerprint density at radius 2 is 1.83 bits per heavy atom. The molecular weight excluding hydrogens is 384 g/mol. The molecule has 1 aromatic heterocycles. The monoisotopic (exact) mass is 404 g/mol. The first-order chi connectivity index (χ1) is 14.6. The van der Waals surface area contributed by atoms with Crippen LogP contribution in [0.4, 0.5) is 0 Å². The number of para-hydroxylation sites is 2. The Bertz CT molecular complexity index is 1120. The van der Waals surface area contributed by atoms with E-state index in [1.54, 1.807) is 6.07 Å². The number of oxime groups is 1. The van der Waals surface area contributed by atoms with Crippen molar-refractivity contribution in [2.24, 2.45) is 5.16 Å². The number of esters is 1. The summed E-state index contributed by atoms with van der Waals surface area (Å²) in [4.78, 5) is 39.0. The second-order valence-electron chi connectivity index (χ2n) is 7.00. The minimum absolute atomic E-state index is 0.126. The molecule has 2 aromatic carbocycles. The maximum absolute atomic E-state index is 12.5. The van der Waals surface area contributed by atoms with Crippen LogP contribution >= 0.6 is 0 Å². The molecule has 1 atom stereocenters. The van der Waals surface area contributed by atoms with Gasteiger partial charge in [-0.25, -0.2) is 9.78 Å². The Labute approximate surface area is 172 Å². The van der Waals surface area contributed by atoms with Gasteiger partial charge < -0.3 is 14.9 Å². The van der Waals surface area contributed by atoms with Gasteiger partial charge in [-0.3, -0.25) is 9.78 Å². The molecule has 4 rings (SSSR count). The number of rotatable bonds is 6. The highest BCUT2D eigenvalue weighted by Gasteiger charge is 2.47. The number of hydrogen-bond donors (Lipinski definition) is 1. The zero-order valence-corrected chi connectivity index (χ0v) is 16.4. The van der Waals surface area contributed by atoms with Crippen molar-refractivity contribution in [1.82, 2.24) is 15.3 Å². The van der Waals surface area contributed by atoms with Crippen LogP contribution in [0.15, 0.2) is 65.9 Å². The molecule has 1 N–H and O–H groups in total. The van der Waals surface area contributed by atoms with Crippen molar-refractivity contribution >= 4 is 28.6 Å². The molecular formula is C22H20N4O4. The lowest BCUT2D eigenvalue weighted by atomic mass is 9.89. The van der Waals surface area contributed by atoms with Crippen molar-refractivity contribution in [2.75, 3.05) is 13.7 Å². The van der Waals surface area contributed by atoms with Crippen molar-refractivity contribution in [2.45, 2.75) is 18.4 Å². The van der Waals surface area contributed by atoms with Crippen LogP contribution in [0.2, 0.25) is 0 Å². The molecule has 1 aliphatic rings. The lowest BCUT2D eigenvalue weighted by Gasteiger charge is -2.23. The molecule has 30 heavy (non-hydrogen) atoms. The standard InChI is InChI=1S/C22H20N4O4/c1-29-21(28)22(11-15-7-3-2-4-8-15)12-16(26-30-22)13-24-20(27)19-14-23-17-9-5-6-10-18(17)25-19/h2-10,14H,11-13H2,1H3,(H,24,27). The molecule has 0 spiro atoms. The third-order valence-electron chi connectivity index (χ3n) is 4.86. The highest BCUT2D eigenvalue weighted by atomic mass is 16.7. The van der Waals surface area contributed by atoms with Gasteiger partial charge in [-0.15, -0.1) is 0 Å². The number of amides is 1. The Kier molecular flexibility index (Phi) is 5.38. The molecule has 8 nitrogen and oxygen atoms in total. The highest BCUT2D eigenvalue weighted by molar-refractivity contribution is 5.99. The van der Waals surface area contributed by atoms with Gasteiger partial charge in [-0.2, -0.15) is 0 Å². The van der Waals surface area contributed by atoms with Crippen LogP contribution in [-0.2, 0) is 20.8 Å². The molecule has 152 valence electrons. The number of carbonyl (C=O) groups is 2. The molecule has 0 fully saturated rings. The lowest BCUT2D eigenvalue weighted by molar-refractivity contribution is -0.166. The summed E-state index contributed by atoms with van der Waals surface area (Å²) >= 11 is 0. The fraction of sp³-hybridized carbons (Fsp3) is 0.227. The maximum Gasteiger partial charge on any atom is 0.353 e. The van der Waals surface area contributed by atoms with Gasteiger partial charge in [-0.1, -0.05) is 47.6 Å². The van der Waals surface area contributed by atoms with Gasteiger partial charge >= 0.3 is 5.97 Å². The number of hydrogen-bond acceptors (Lipinski definition) is 7. The van der Waals surface area contributed by atoms with E-state index in [4.69, 9.17) is 9.57 Å². The van der Waals surface area contributed by atoms with E-state index in [1.165, 1.54) is 13.3 Å². The average molecular weight is 404 g/mol. The van der Waals surface area contributed by atoms with Gasteiger partial charge in [0.25, 0.3) is 5.91 Å². The maximum atomic E-state index is 12.5. The SMILES string of the molecule is COC(=O)C1(Cc2ccccc2)CC(CNC(=O)c2cnc3ccccc3n2)=NO1. The van der Waals surface area contributed by atoms with Crippen LogP contribution in [0.3, 0.4) is 0 Å². The van der Waals surface area contributed by atoms with E-state index in [9.17, 15) is 9.59 Å². The quantitative estimate of drug-likeness (QED) is 0.633. The van der Waals surface area contributed by atoms with E-state index in [0.29, 0.717) is 23.2 Å². The van der Waals surface area contributed by atoms with Crippen molar-refractivity contribution in [3.63, 3.8) is 0 Å². The molecule has 1 aliphatic heterocycles. The molecule has 1 amide bonds. The normalized spacial score (nSPS) is 17.8. The zero-order valence-electron chi connectivity index (χ0n) is 16.4. The first-order valence-corrected chi connectivity index (χ1v) is 9.46.